The number of likely N-dealkylation sites (tertiary alicyclic amines) is 1. The lowest BCUT2D eigenvalue weighted by atomic mass is 9.94. The van der Waals surface area contributed by atoms with Gasteiger partial charge in [-0.15, -0.1) is 0 Å². The number of nitrogens with zero attached hydrogens (tertiary/aromatic N) is 2. The third kappa shape index (κ3) is 4.80. The maximum absolute atomic E-state index is 13.1. The number of hydrogen-bond donors (Lipinski definition) is 2. The fourth-order valence-electron chi connectivity index (χ4n) is 3.92. The van der Waals surface area contributed by atoms with Crippen LogP contribution in [0.15, 0.2) is 42.0 Å². The fraction of sp³-hybridized carbons (Fsp3) is 0.360. The zero-order valence-corrected chi connectivity index (χ0v) is 19.6. The number of methoxy groups -OCH3 is 1. The van der Waals surface area contributed by atoms with Crippen molar-refractivity contribution in [3.05, 3.63) is 58.7 Å². The standard InChI is InChI=1S/C25H30N2O6/c1-6-33-20-14-16(7-9-18(20)28)22-21(24(30)25(31)27(22)12-11-26(3)4)23(29)17-8-10-19(32-5)15(2)13-17/h7-10,13-14,22,28-29H,6,11-12H2,1-5H3/t22-/m0/s1. The van der Waals surface area contributed by atoms with Gasteiger partial charge in [0.25, 0.3) is 11.7 Å². The first-order valence-electron chi connectivity index (χ1n) is 10.7. The van der Waals surface area contributed by atoms with Gasteiger partial charge in [-0.3, -0.25) is 9.59 Å². The number of aryl methyl sites for hydroxylation is 1. The minimum absolute atomic E-state index is 0.00328. The molecule has 3 rings (SSSR count). The number of aliphatic hydroxyl groups is 1. The number of aliphatic hydroxyl groups excluding tert-OH is 1. The number of Topliss-reactive ketones (excluding diaryl/α,β-unsaturated/α-hetero) is 1. The maximum Gasteiger partial charge on any atom is 0.295 e. The molecule has 2 aromatic carbocycles. The number of benzene rings is 2. The van der Waals surface area contributed by atoms with Gasteiger partial charge in [-0.25, -0.2) is 0 Å². The van der Waals surface area contributed by atoms with Crippen molar-refractivity contribution in [2.24, 2.45) is 0 Å². The van der Waals surface area contributed by atoms with Crippen molar-refractivity contribution in [2.45, 2.75) is 19.9 Å². The largest absolute Gasteiger partial charge is 0.507 e. The minimum Gasteiger partial charge on any atom is -0.507 e. The summed E-state index contributed by atoms with van der Waals surface area (Å²) in [5.41, 5.74) is 1.74. The number of rotatable bonds is 8. The number of ketones is 1. The second kappa shape index (κ2) is 9.95. The molecule has 8 nitrogen and oxygen atoms in total. The molecule has 33 heavy (non-hydrogen) atoms. The van der Waals surface area contributed by atoms with Gasteiger partial charge in [0.2, 0.25) is 0 Å². The summed E-state index contributed by atoms with van der Waals surface area (Å²) in [4.78, 5) is 29.5. The molecule has 1 amide bonds. The predicted octanol–water partition coefficient (Wildman–Crippen LogP) is 3.09. The van der Waals surface area contributed by atoms with Crippen LogP contribution in [-0.2, 0) is 9.59 Å². The number of hydrogen-bond acceptors (Lipinski definition) is 7. The number of likely N-dealkylation sites (N-methyl/N-ethyl adjacent to an activating group) is 1. The molecule has 0 spiro atoms. The Bertz CT molecular complexity index is 1090. The molecule has 1 atom stereocenters. The summed E-state index contributed by atoms with van der Waals surface area (Å²) in [6, 6.07) is 8.93. The van der Waals surface area contributed by atoms with Gasteiger partial charge >= 0.3 is 0 Å². The van der Waals surface area contributed by atoms with E-state index in [4.69, 9.17) is 9.47 Å². The molecule has 2 aromatic rings. The lowest BCUT2D eigenvalue weighted by molar-refractivity contribution is -0.140. The van der Waals surface area contributed by atoms with Gasteiger partial charge < -0.3 is 29.5 Å². The second-order valence-electron chi connectivity index (χ2n) is 8.14. The Hall–Kier alpha value is -3.52. The Balaban J connectivity index is 2.18. The topological polar surface area (TPSA) is 99.5 Å². The van der Waals surface area contributed by atoms with E-state index in [1.54, 1.807) is 44.4 Å². The van der Waals surface area contributed by atoms with Crippen molar-refractivity contribution in [1.82, 2.24) is 9.80 Å². The average molecular weight is 455 g/mol. The monoisotopic (exact) mass is 454 g/mol. The highest BCUT2D eigenvalue weighted by atomic mass is 16.5. The molecule has 8 heteroatoms. The van der Waals surface area contributed by atoms with Gasteiger partial charge in [0.05, 0.1) is 25.3 Å². The van der Waals surface area contributed by atoms with E-state index in [0.717, 1.165) is 5.56 Å². The smallest absolute Gasteiger partial charge is 0.295 e. The normalized spacial score (nSPS) is 17.6. The van der Waals surface area contributed by atoms with E-state index < -0.39 is 17.7 Å². The van der Waals surface area contributed by atoms with E-state index >= 15 is 0 Å². The van der Waals surface area contributed by atoms with Crippen molar-refractivity contribution in [3.63, 3.8) is 0 Å². The number of carbonyl (C=O) groups is 2. The van der Waals surface area contributed by atoms with Crippen LogP contribution in [-0.4, -0.2) is 72.6 Å². The molecule has 1 heterocycles. The van der Waals surface area contributed by atoms with Crippen molar-refractivity contribution in [2.75, 3.05) is 40.9 Å². The number of ether oxygens (including phenoxy) is 2. The van der Waals surface area contributed by atoms with E-state index in [9.17, 15) is 19.8 Å². The van der Waals surface area contributed by atoms with Crippen molar-refractivity contribution < 1.29 is 29.3 Å². The van der Waals surface area contributed by atoms with Crippen molar-refractivity contribution >= 4 is 17.4 Å². The van der Waals surface area contributed by atoms with Gasteiger partial charge in [-0.2, -0.15) is 0 Å². The quantitative estimate of drug-likeness (QED) is 0.359. The number of amides is 1. The number of carbonyl (C=O) groups excluding carboxylic acids is 2. The van der Waals surface area contributed by atoms with Crippen LogP contribution in [0.1, 0.15) is 29.7 Å². The van der Waals surface area contributed by atoms with Gasteiger partial charge in [0.15, 0.2) is 11.5 Å². The first-order valence-corrected chi connectivity index (χ1v) is 10.7. The molecule has 0 bridgehead atoms. The van der Waals surface area contributed by atoms with Gasteiger partial charge in [0.1, 0.15) is 11.5 Å². The van der Waals surface area contributed by atoms with Gasteiger partial charge in [-0.05, 0) is 69.4 Å². The number of aromatic hydroxyl groups is 1. The Morgan fingerprint density at radius 1 is 1.12 bits per heavy atom. The third-order valence-electron chi connectivity index (χ3n) is 5.60. The zero-order chi connectivity index (χ0) is 24.3. The lowest BCUT2D eigenvalue weighted by Crippen LogP contribution is -2.35. The van der Waals surface area contributed by atoms with Crippen LogP contribution >= 0.6 is 0 Å². The first-order chi connectivity index (χ1) is 15.7. The molecule has 0 aliphatic carbocycles. The molecule has 0 radical (unpaired) electrons. The summed E-state index contributed by atoms with van der Waals surface area (Å²) in [5, 5.41) is 21.3. The van der Waals surface area contributed by atoms with Gasteiger partial charge in [0, 0.05) is 18.7 Å². The highest BCUT2D eigenvalue weighted by Gasteiger charge is 2.46. The fourth-order valence-corrected chi connectivity index (χ4v) is 3.92. The summed E-state index contributed by atoms with van der Waals surface area (Å²) in [5.74, 6) is -0.850. The molecule has 1 fully saturated rings. The van der Waals surface area contributed by atoms with Crippen LogP contribution in [0, 0.1) is 6.92 Å². The summed E-state index contributed by atoms with van der Waals surface area (Å²) < 4.78 is 10.8. The molecule has 176 valence electrons. The SMILES string of the molecule is CCOc1cc([C@H]2C(=C(O)c3ccc(OC)c(C)c3)C(=O)C(=O)N2CCN(C)C)ccc1O. The van der Waals surface area contributed by atoms with Crippen LogP contribution in [0.2, 0.25) is 0 Å². The van der Waals surface area contributed by atoms with E-state index in [1.807, 2.05) is 25.9 Å². The summed E-state index contributed by atoms with van der Waals surface area (Å²) >= 11 is 0. The van der Waals surface area contributed by atoms with E-state index in [1.165, 1.54) is 11.0 Å². The summed E-state index contributed by atoms with van der Waals surface area (Å²) in [6.07, 6.45) is 0. The second-order valence-corrected chi connectivity index (χ2v) is 8.14. The molecule has 0 aromatic heterocycles. The minimum atomic E-state index is -0.827. The zero-order valence-electron chi connectivity index (χ0n) is 19.6. The summed E-state index contributed by atoms with van der Waals surface area (Å²) in [6.45, 7) is 4.77. The van der Waals surface area contributed by atoms with Crippen LogP contribution in [0.3, 0.4) is 0 Å². The van der Waals surface area contributed by atoms with Crippen molar-refractivity contribution in [3.8, 4) is 17.2 Å². The molecule has 0 unspecified atom stereocenters. The van der Waals surface area contributed by atoms with E-state index in [2.05, 4.69) is 0 Å². The molecule has 1 aliphatic heterocycles. The molecule has 1 saturated heterocycles. The number of phenolic OH excluding ortho intramolecular Hbond substituents is 1. The van der Waals surface area contributed by atoms with Crippen LogP contribution in [0.4, 0.5) is 0 Å². The van der Waals surface area contributed by atoms with E-state index in [-0.39, 0.29) is 29.4 Å². The van der Waals surface area contributed by atoms with Crippen molar-refractivity contribution in [1.29, 1.82) is 0 Å². The predicted molar refractivity (Wildman–Crippen MR) is 125 cm³/mol. The van der Waals surface area contributed by atoms with Gasteiger partial charge in [-0.1, -0.05) is 6.07 Å². The Labute approximate surface area is 193 Å². The average Bonchev–Trinajstić information content (AvgIpc) is 3.03. The molecule has 2 N–H and O–H groups in total. The van der Waals surface area contributed by atoms with Crippen LogP contribution in [0.5, 0.6) is 17.2 Å². The lowest BCUT2D eigenvalue weighted by Gasteiger charge is -2.27. The van der Waals surface area contributed by atoms with Crippen LogP contribution < -0.4 is 9.47 Å². The molecular formula is C25H30N2O6. The third-order valence-corrected chi connectivity index (χ3v) is 5.60. The Morgan fingerprint density at radius 2 is 1.85 bits per heavy atom. The molecular weight excluding hydrogens is 424 g/mol. The highest BCUT2D eigenvalue weighted by Crippen LogP contribution is 2.42. The molecule has 0 saturated carbocycles. The first kappa shape index (κ1) is 24.1. The summed E-state index contributed by atoms with van der Waals surface area (Å²) in [7, 11) is 5.30. The Kier molecular flexibility index (Phi) is 7.28. The van der Waals surface area contributed by atoms with E-state index in [0.29, 0.717) is 30.0 Å². The van der Waals surface area contributed by atoms with Crippen LogP contribution in [0.25, 0.3) is 5.76 Å². The Morgan fingerprint density at radius 3 is 2.45 bits per heavy atom. The maximum atomic E-state index is 13.1. The molecule has 1 aliphatic rings. The number of phenols is 1. The highest BCUT2D eigenvalue weighted by molar-refractivity contribution is 6.46.